The van der Waals surface area contributed by atoms with Gasteiger partial charge in [0, 0.05) is 27.2 Å². The second-order valence-electron chi connectivity index (χ2n) is 5.82. The first kappa shape index (κ1) is 14.5. The van der Waals surface area contributed by atoms with Gasteiger partial charge in [-0.15, -0.1) is 0 Å². The van der Waals surface area contributed by atoms with Crippen molar-refractivity contribution < 1.29 is 9.59 Å². The molecule has 2 heterocycles. The van der Waals surface area contributed by atoms with E-state index in [0.29, 0.717) is 23.2 Å². The van der Waals surface area contributed by atoms with E-state index in [1.54, 1.807) is 37.2 Å². The van der Waals surface area contributed by atoms with Gasteiger partial charge in [-0.3, -0.25) is 9.59 Å². The van der Waals surface area contributed by atoms with Crippen LogP contribution >= 0.6 is 0 Å². The summed E-state index contributed by atoms with van der Waals surface area (Å²) in [6, 6.07) is 5.00. The highest BCUT2D eigenvalue weighted by Gasteiger charge is 2.33. The molecule has 1 aliphatic rings. The van der Waals surface area contributed by atoms with E-state index >= 15 is 0 Å². The normalized spacial score (nSPS) is 15.2. The smallest absolute Gasteiger partial charge is 0.272 e. The van der Waals surface area contributed by atoms with E-state index in [4.69, 9.17) is 0 Å². The number of rotatable bonds is 3. The van der Waals surface area contributed by atoms with Crippen LogP contribution in [0, 0.1) is 11.8 Å². The third-order valence-corrected chi connectivity index (χ3v) is 3.73. The second kappa shape index (κ2) is 5.61. The lowest BCUT2D eigenvalue weighted by atomic mass is 9.88. The van der Waals surface area contributed by atoms with Gasteiger partial charge in [-0.25, -0.2) is 4.98 Å². The highest BCUT2D eigenvalue weighted by molar-refractivity contribution is 5.96. The van der Waals surface area contributed by atoms with Crippen molar-refractivity contribution in [2.24, 2.45) is 11.8 Å². The SMILES string of the molecule is CC(C)C1CN(C(=O)c2cccc(C(=O)N(C)C)n2)C1. The first-order chi connectivity index (χ1) is 9.40. The summed E-state index contributed by atoms with van der Waals surface area (Å²) in [7, 11) is 3.34. The minimum Gasteiger partial charge on any atom is -0.343 e. The topological polar surface area (TPSA) is 53.5 Å². The molecule has 2 rings (SSSR count). The Kier molecular flexibility index (Phi) is 4.06. The van der Waals surface area contributed by atoms with Crippen LogP contribution in [0.4, 0.5) is 0 Å². The highest BCUT2D eigenvalue weighted by atomic mass is 16.2. The Balaban J connectivity index is 2.08. The zero-order chi connectivity index (χ0) is 14.9. The summed E-state index contributed by atoms with van der Waals surface area (Å²) in [5.74, 6) is 0.887. The van der Waals surface area contributed by atoms with E-state index in [9.17, 15) is 9.59 Å². The fourth-order valence-corrected chi connectivity index (χ4v) is 2.16. The Labute approximate surface area is 119 Å². The van der Waals surface area contributed by atoms with Gasteiger partial charge in [0.1, 0.15) is 11.4 Å². The van der Waals surface area contributed by atoms with Crippen molar-refractivity contribution in [3.8, 4) is 0 Å². The molecule has 0 aromatic carbocycles. The largest absolute Gasteiger partial charge is 0.343 e. The number of likely N-dealkylation sites (tertiary alicyclic amines) is 1. The number of aromatic nitrogens is 1. The molecule has 1 fully saturated rings. The number of pyridine rings is 1. The third kappa shape index (κ3) is 2.81. The molecule has 1 aliphatic heterocycles. The quantitative estimate of drug-likeness (QED) is 0.840. The Hall–Kier alpha value is -1.91. The van der Waals surface area contributed by atoms with Crippen LogP contribution in [0.2, 0.25) is 0 Å². The van der Waals surface area contributed by atoms with Crippen molar-refractivity contribution in [1.82, 2.24) is 14.8 Å². The number of hydrogen-bond donors (Lipinski definition) is 0. The van der Waals surface area contributed by atoms with Gasteiger partial charge in [-0.05, 0) is 24.0 Å². The van der Waals surface area contributed by atoms with Crippen LogP contribution in [-0.2, 0) is 0 Å². The molecule has 5 nitrogen and oxygen atoms in total. The van der Waals surface area contributed by atoms with Crippen molar-refractivity contribution in [3.05, 3.63) is 29.6 Å². The summed E-state index contributed by atoms with van der Waals surface area (Å²) in [4.78, 5) is 31.6. The van der Waals surface area contributed by atoms with Crippen molar-refractivity contribution in [3.63, 3.8) is 0 Å². The molecule has 0 bridgehead atoms. The van der Waals surface area contributed by atoms with Gasteiger partial charge < -0.3 is 9.80 Å². The molecule has 1 saturated heterocycles. The van der Waals surface area contributed by atoms with Crippen LogP contribution in [0.15, 0.2) is 18.2 Å². The van der Waals surface area contributed by atoms with Crippen molar-refractivity contribution in [2.75, 3.05) is 27.2 Å². The number of nitrogens with zero attached hydrogens (tertiary/aromatic N) is 3. The van der Waals surface area contributed by atoms with Crippen LogP contribution in [0.25, 0.3) is 0 Å². The van der Waals surface area contributed by atoms with Gasteiger partial charge in [0.25, 0.3) is 11.8 Å². The lowest BCUT2D eigenvalue weighted by molar-refractivity contribution is 0.0401. The van der Waals surface area contributed by atoms with Gasteiger partial charge >= 0.3 is 0 Å². The third-order valence-electron chi connectivity index (χ3n) is 3.73. The van der Waals surface area contributed by atoms with Crippen LogP contribution in [-0.4, -0.2) is 53.8 Å². The fraction of sp³-hybridized carbons (Fsp3) is 0.533. The average molecular weight is 275 g/mol. The molecule has 0 atom stereocenters. The Bertz CT molecular complexity index is 520. The predicted octanol–water partition coefficient (Wildman–Crippen LogP) is 1.51. The fourth-order valence-electron chi connectivity index (χ4n) is 2.16. The zero-order valence-electron chi connectivity index (χ0n) is 12.5. The van der Waals surface area contributed by atoms with E-state index in [2.05, 4.69) is 18.8 Å². The van der Waals surface area contributed by atoms with Crippen LogP contribution in [0.1, 0.15) is 34.8 Å². The molecule has 0 aliphatic carbocycles. The first-order valence-corrected chi connectivity index (χ1v) is 6.88. The summed E-state index contributed by atoms with van der Waals surface area (Å²) in [6.07, 6.45) is 0. The minimum atomic E-state index is -0.191. The van der Waals surface area contributed by atoms with Crippen LogP contribution < -0.4 is 0 Å². The maximum atomic E-state index is 12.3. The molecule has 0 spiro atoms. The number of carbonyl (C=O) groups excluding carboxylic acids is 2. The second-order valence-corrected chi connectivity index (χ2v) is 5.82. The highest BCUT2D eigenvalue weighted by Crippen LogP contribution is 2.24. The molecule has 108 valence electrons. The predicted molar refractivity (Wildman–Crippen MR) is 76.5 cm³/mol. The summed E-state index contributed by atoms with van der Waals surface area (Å²) in [5, 5.41) is 0. The monoisotopic (exact) mass is 275 g/mol. The van der Waals surface area contributed by atoms with E-state index in [1.165, 1.54) is 4.90 Å². The molecule has 0 radical (unpaired) electrons. The van der Waals surface area contributed by atoms with E-state index in [1.807, 2.05) is 0 Å². The summed E-state index contributed by atoms with van der Waals surface area (Å²) >= 11 is 0. The maximum absolute atomic E-state index is 12.3. The Morgan fingerprint density at radius 3 is 2.40 bits per heavy atom. The summed E-state index contributed by atoms with van der Waals surface area (Å²) in [6.45, 7) is 5.90. The Morgan fingerprint density at radius 2 is 1.85 bits per heavy atom. The van der Waals surface area contributed by atoms with Gasteiger partial charge in [0.2, 0.25) is 0 Å². The Morgan fingerprint density at radius 1 is 1.25 bits per heavy atom. The lowest BCUT2D eigenvalue weighted by Crippen LogP contribution is -2.52. The van der Waals surface area contributed by atoms with Gasteiger partial charge in [-0.2, -0.15) is 0 Å². The van der Waals surface area contributed by atoms with Gasteiger partial charge in [0.05, 0.1) is 0 Å². The van der Waals surface area contributed by atoms with E-state index in [-0.39, 0.29) is 11.8 Å². The van der Waals surface area contributed by atoms with E-state index < -0.39 is 0 Å². The zero-order valence-corrected chi connectivity index (χ0v) is 12.5. The number of amides is 2. The first-order valence-electron chi connectivity index (χ1n) is 6.88. The molecule has 5 heteroatoms. The lowest BCUT2D eigenvalue weighted by Gasteiger charge is -2.41. The average Bonchev–Trinajstić information content (AvgIpc) is 2.35. The molecule has 0 saturated carbocycles. The van der Waals surface area contributed by atoms with E-state index in [0.717, 1.165) is 13.1 Å². The molecule has 1 aromatic heterocycles. The van der Waals surface area contributed by atoms with Crippen molar-refractivity contribution >= 4 is 11.8 Å². The maximum Gasteiger partial charge on any atom is 0.272 e. The molecule has 20 heavy (non-hydrogen) atoms. The number of carbonyl (C=O) groups is 2. The molecule has 2 amide bonds. The molecule has 0 N–H and O–H groups in total. The van der Waals surface area contributed by atoms with Crippen molar-refractivity contribution in [1.29, 1.82) is 0 Å². The van der Waals surface area contributed by atoms with Crippen LogP contribution in [0.5, 0.6) is 0 Å². The minimum absolute atomic E-state index is 0.0877. The van der Waals surface area contributed by atoms with Crippen molar-refractivity contribution in [2.45, 2.75) is 13.8 Å². The van der Waals surface area contributed by atoms with Gasteiger partial charge in [0.15, 0.2) is 0 Å². The van der Waals surface area contributed by atoms with Crippen LogP contribution in [0.3, 0.4) is 0 Å². The number of hydrogen-bond acceptors (Lipinski definition) is 3. The summed E-state index contributed by atoms with van der Waals surface area (Å²) in [5.41, 5.74) is 0.654. The molecule has 1 aromatic rings. The molecular formula is C15H21N3O2. The standard InChI is InChI=1S/C15H21N3O2/c1-10(2)11-8-18(9-11)15(20)13-7-5-6-12(16-13)14(19)17(3)4/h5-7,10-11H,8-9H2,1-4H3. The molecular weight excluding hydrogens is 254 g/mol. The van der Waals surface area contributed by atoms with Gasteiger partial charge in [-0.1, -0.05) is 19.9 Å². The summed E-state index contributed by atoms with van der Waals surface area (Å²) < 4.78 is 0. The molecule has 0 unspecified atom stereocenters.